The molecule has 3 rings (SSSR count). The molecule has 0 amide bonds. The van der Waals surface area contributed by atoms with Gasteiger partial charge in [0.1, 0.15) is 5.78 Å². The van der Waals surface area contributed by atoms with Gasteiger partial charge in [0, 0.05) is 23.7 Å². The standard InChI is InChI=1S/C32H52O5/c1-7-8-9-10-11-12-13-14-15-16-25(34)31(6)19-22(3)32-18-21(2)27(35)26(32)28(36)23(20-33)17-24(29(32)37)30(31,4)5/h17-18,22,24,26-28,33,35-36H,7-16,19-20H2,1-6H3/t22-,24?,26?,27?,28?,31?,32?/m1/s1. The molecule has 1 fully saturated rings. The van der Waals surface area contributed by atoms with Crippen LogP contribution >= 0.6 is 0 Å². The average molecular weight is 517 g/mol. The maximum atomic E-state index is 14.4. The van der Waals surface area contributed by atoms with Gasteiger partial charge in [-0.05, 0) is 42.2 Å². The van der Waals surface area contributed by atoms with E-state index in [1.165, 1.54) is 38.5 Å². The largest absolute Gasteiger partial charge is 0.392 e. The lowest BCUT2D eigenvalue weighted by molar-refractivity contribution is -0.141. The van der Waals surface area contributed by atoms with Crippen LogP contribution in [0, 0.1) is 34.0 Å². The summed E-state index contributed by atoms with van der Waals surface area (Å²) in [6.45, 7) is 11.7. The van der Waals surface area contributed by atoms with E-state index in [1.807, 2.05) is 40.7 Å². The van der Waals surface area contributed by atoms with Crippen LogP contribution in [0.5, 0.6) is 0 Å². The zero-order valence-electron chi connectivity index (χ0n) is 24.2. The minimum Gasteiger partial charge on any atom is -0.392 e. The third-order valence-electron chi connectivity index (χ3n) is 10.7. The highest BCUT2D eigenvalue weighted by Gasteiger charge is 2.67. The van der Waals surface area contributed by atoms with Gasteiger partial charge in [-0.1, -0.05) is 98.1 Å². The zero-order valence-corrected chi connectivity index (χ0v) is 24.2. The minimum absolute atomic E-state index is 0.0343. The third kappa shape index (κ3) is 5.17. The van der Waals surface area contributed by atoms with Gasteiger partial charge >= 0.3 is 0 Å². The summed E-state index contributed by atoms with van der Waals surface area (Å²) < 4.78 is 0. The first-order chi connectivity index (χ1) is 17.4. The summed E-state index contributed by atoms with van der Waals surface area (Å²) in [5, 5.41) is 32.5. The number of unbranched alkanes of at least 4 members (excludes halogenated alkanes) is 8. The summed E-state index contributed by atoms with van der Waals surface area (Å²) >= 11 is 0. The molecular weight excluding hydrogens is 464 g/mol. The van der Waals surface area contributed by atoms with Gasteiger partial charge in [0.05, 0.1) is 24.2 Å². The molecule has 2 bridgehead atoms. The number of carbonyl (C=O) groups excluding carboxylic acids is 2. The van der Waals surface area contributed by atoms with Crippen LogP contribution in [0.3, 0.4) is 0 Å². The molecule has 5 heteroatoms. The number of allylic oxidation sites excluding steroid dienone is 2. The van der Waals surface area contributed by atoms with Gasteiger partial charge in [0.2, 0.25) is 0 Å². The number of fused-ring (bicyclic) bond motifs is 1. The molecular formula is C32H52O5. The van der Waals surface area contributed by atoms with E-state index in [0.29, 0.717) is 24.0 Å². The zero-order chi connectivity index (χ0) is 27.6. The summed E-state index contributed by atoms with van der Waals surface area (Å²) in [7, 11) is 0. The third-order valence-corrected chi connectivity index (χ3v) is 10.7. The SMILES string of the molecule is CCCCCCCCCCCC(=O)C1(C)C[C@@H](C)C23C=C(C)C(O)C2C(O)C(CO)=CC(C3=O)C1(C)C. The van der Waals surface area contributed by atoms with Gasteiger partial charge in [-0.2, -0.15) is 0 Å². The van der Waals surface area contributed by atoms with E-state index in [-0.39, 0.29) is 24.1 Å². The van der Waals surface area contributed by atoms with E-state index in [2.05, 4.69) is 6.92 Å². The van der Waals surface area contributed by atoms with Crippen LogP contribution in [-0.2, 0) is 9.59 Å². The molecule has 0 saturated heterocycles. The average Bonchev–Trinajstić information content (AvgIpc) is 3.05. The van der Waals surface area contributed by atoms with Crippen LogP contribution in [0.2, 0.25) is 0 Å². The fourth-order valence-corrected chi connectivity index (χ4v) is 7.79. The summed E-state index contributed by atoms with van der Waals surface area (Å²) in [6, 6.07) is 0. The fourth-order valence-electron chi connectivity index (χ4n) is 7.79. The maximum Gasteiger partial charge on any atom is 0.150 e. The van der Waals surface area contributed by atoms with Crippen LogP contribution in [0.25, 0.3) is 0 Å². The Morgan fingerprint density at radius 2 is 1.54 bits per heavy atom. The van der Waals surface area contributed by atoms with E-state index in [4.69, 9.17) is 0 Å². The second-order valence-corrected chi connectivity index (χ2v) is 13.1. The van der Waals surface area contributed by atoms with E-state index in [1.54, 1.807) is 6.08 Å². The molecule has 3 N–H and O–H groups in total. The van der Waals surface area contributed by atoms with Gasteiger partial charge in [0.15, 0.2) is 5.78 Å². The highest BCUT2D eigenvalue weighted by molar-refractivity contribution is 5.96. The van der Waals surface area contributed by atoms with Gasteiger partial charge in [-0.3, -0.25) is 9.59 Å². The van der Waals surface area contributed by atoms with Crippen molar-refractivity contribution in [2.75, 3.05) is 6.61 Å². The molecule has 0 aromatic rings. The van der Waals surface area contributed by atoms with E-state index in [9.17, 15) is 24.9 Å². The highest BCUT2D eigenvalue weighted by Crippen LogP contribution is 2.64. The second-order valence-electron chi connectivity index (χ2n) is 13.1. The molecule has 0 aromatic carbocycles. The lowest BCUT2D eigenvalue weighted by atomic mass is 9.56. The molecule has 210 valence electrons. The Bertz CT molecular complexity index is 901. The second kappa shape index (κ2) is 11.8. The van der Waals surface area contributed by atoms with Crippen molar-refractivity contribution in [1.82, 2.24) is 0 Å². The summed E-state index contributed by atoms with van der Waals surface area (Å²) in [4.78, 5) is 28.4. The van der Waals surface area contributed by atoms with Gasteiger partial charge < -0.3 is 15.3 Å². The monoisotopic (exact) mass is 516 g/mol. The van der Waals surface area contributed by atoms with E-state index >= 15 is 0 Å². The van der Waals surface area contributed by atoms with Crippen LogP contribution in [0.1, 0.15) is 112 Å². The maximum absolute atomic E-state index is 14.4. The lowest BCUT2D eigenvalue weighted by Crippen LogP contribution is -2.49. The number of Topliss-reactive ketones (excluding diaryl/α,β-unsaturated/α-hetero) is 2. The van der Waals surface area contributed by atoms with Crippen molar-refractivity contribution in [2.24, 2.45) is 34.0 Å². The van der Waals surface area contributed by atoms with Gasteiger partial charge in [-0.15, -0.1) is 0 Å². The molecule has 0 aromatic heterocycles. The van der Waals surface area contributed by atoms with Crippen LogP contribution < -0.4 is 0 Å². The van der Waals surface area contributed by atoms with Crippen molar-refractivity contribution < 1.29 is 24.9 Å². The van der Waals surface area contributed by atoms with Crippen molar-refractivity contribution in [3.05, 3.63) is 23.3 Å². The number of rotatable bonds is 12. The number of ketones is 2. The predicted molar refractivity (Wildman–Crippen MR) is 148 cm³/mol. The molecule has 0 heterocycles. The summed E-state index contributed by atoms with van der Waals surface area (Å²) in [5.41, 5.74) is -1.44. The summed E-state index contributed by atoms with van der Waals surface area (Å²) in [5.74, 6) is -1.44. The number of carbonyl (C=O) groups is 2. The van der Waals surface area contributed by atoms with Crippen LogP contribution in [0.4, 0.5) is 0 Å². The smallest absolute Gasteiger partial charge is 0.150 e. The first-order valence-electron chi connectivity index (χ1n) is 14.8. The van der Waals surface area contributed by atoms with Crippen LogP contribution in [-0.4, -0.2) is 45.7 Å². The van der Waals surface area contributed by atoms with Gasteiger partial charge in [-0.25, -0.2) is 0 Å². The van der Waals surface area contributed by atoms with Crippen molar-refractivity contribution in [3.63, 3.8) is 0 Å². The molecule has 0 radical (unpaired) electrons. The molecule has 5 nitrogen and oxygen atoms in total. The molecule has 3 aliphatic rings. The Morgan fingerprint density at radius 3 is 2.11 bits per heavy atom. The molecule has 1 spiro atoms. The Hall–Kier alpha value is -1.30. The van der Waals surface area contributed by atoms with E-state index < -0.39 is 40.3 Å². The van der Waals surface area contributed by atoms with E-state index in [0.717, 1.165) is 19.3 Å². The van der Waals surface area contributed by atoms with Crippen molar-refractivity contribution in [3.8, 4) is 0 Å². The Kier molecular flexibility index (Phi) is 9.68. The molecule has 6 unspecified atom stereocenters. The van der Waals surface area contributed by atoms with Crippen molar-refractivity contribution in [1.29, 1.82) is 0 Å². The molecule has 0 aliphatic heterocycles. The Morgan fingerprint density at radius 1 is 0.973 bits per heavy atom. The first kappa shape index (κ1) is 30.2. The van der Waals surface area contributed by atoms with Crippen LogP contribution in [0.15, 0.2) is 23.3 Å². The highest BCUT2D eigenvalue weighted by atomic mass is 16.3. The first-order valence-corrected chi connectivity index (χ1v) is 14.8. The molecule has 3 aliphatic carbocycles. The molecule has 7 atom stereocenters. The predicted octanol–water partition coefficient (Wildman–Crippen LogP) is 5.95. The number of hydrogen-bond donors (Lipinski definition) is 3. The van der Waals surface area contributed by atoms with Crippen molar-refractivity contribution >= 4 is 11.6 Å². The van der Waals surface area contributed by atoms with Crippen molar-refractivity contribution in [2.45, 2.75) is 124 Å². The molecule has 37 heavy (non-hydrogen) atoms. The topological polar surface area (TPSA) is 94.8 Å². The van der Waals surface area contributed by atoms with Gasteiger partial charge in [0.25, 0.3) is 0 Å². The Labute approximate surface area is 224 Å². The number of hydrogen-bond acceptors (Lipinski definition) is 5. The quantitative estimate of drug-likeness (QED) is 0.220. The minimum atomic E-state index is -1.11. The fraction of sp³-hybridized carbons (Fsp3) is 0.812. The molecule has 1 saturated carbocycles. The summed E-state index contributed by atoms with van der Waals surface area (Å²) in [6.07, 6.45) is 13.4. The lowest BCUT2D eigenvalue weighted by Gasteiger charge is -2.46. The normalized spacial score (nSPS) is 36.9. The Balaban J connectivity index is 1.84. The number of aliphatic hydroxyl groups is 3. The number of aliphatic hydroxyl groups excluding tert-OH is 3.